The second-order valence-corrected chi connectivity index (χ2v) is 8.07. The maximum absolute atomic E-state index is 10.5. The Balaban J connectivity index is 1.89. The molecule has 1 N–H and O–H groups in total. The highest BCUT2D eigenvalue weighted by Gasteiger charge is 2.38. The molecule has 0 radical (unpaired) electrons. The van der Waals surface area contributed by atoms with Crippen LogP contribution in [0.4, 0.5) is 0 Å². The van der Waals surface area contributed by atoms with Gasteiger partial charge in [-0.25, -0.2) is 0 Å². The van der Waals surface area contributed by atoms with Gasteiger partial charge in [-0.1, -0.05) is 27.2 Å². The first kappa shape index (κ1) is 13.7. The highest BCUT2D eigenvalue weighted by molar-refractivity contribution is 7.99. The summed E-state index contributed by atoms with van der Waals surface area (Å²) in [6.07, 6.45) is 3.56. The first-order valence-electron chi connectivity index (χ1n) is 7.01. The summed E-state index contributed by atoms with van der Waals surface area (Å²) in [7, 11) is 0. The lowest BCUT2D eigenvalue weighted by atomic mass is 9.69. The van der Waals surface area contributed by atoms with Gasteiger partial charge in [0.25, 0.3) is 0 Å². The largest absolute Gasteiger partial charge is 0.392 e. The Hall–Kier alpha value is 0.270. The first-order chi connectivity index (χ1) is 7.99. The Labute approximate surface area is 110 Å². The number of hydrogen-bond acceptors (Lipinski definition) is 3. The van der Waals surface area contributed by atoms with Crippen molar-refractivity contribution in [2.75, 3.05) is 25.4 Å². The molecule has 2 aliphatic rings. The van der Waals surface area contributed by atoms with E-state index in [1.807, 2.05) is 0 Å². The van der Waals surface area contributed by atoms with Crippen molar-refractivity contribution in [3.8, 4) is 0 Å². The molecule has 100 valence electrons. The number of hydrogen-bond donors (Lipinski definition) is 1. The normalized spacial score (nSPS) is 39.2. The lowest BCUT2D eigenvalue weighted by molar-refractivity contribution is -0.0425. The molecule has 1 saturated heterocycles. The zero-order valence-electron chi connectivity index (χ0n) is 11.5. The predicted molar refractivity (Wildman–Crippen MR) is 75.5 cm³/mol. The van der Waals surface area contributed by atoms with Gasteiger partial charge in [-0.2, -0.15) is 11.8 Å². The van der Waals surface area contributed by atoms with Crippen LogP contribution in [0.1, 0.15) is 40.0 Å². The summed E-state index contributed by atoms with van der Waals surface area (Å²) in [6.45, 7) is 10.3. The summed E-state index contributed by atoms with van der Waals surface area (Å²) >= 11 is 2.08. The van der Waals surface area contributed by atoms with E-state index in [2.05, 4.69) is 37.4 Å². The van der Waals surface area contributed by atoms with Gasteiger partial charge >= 0.3 is 0 Å². The summed E-state index contributed by atoms with van der Waals surface area (Å²) in [5, 5.41) is 11.2. The van der Waals surface area contributed by atoms with Gasteiger partial charge < -0.3 is 10.0 Å². The Morgan fingerprint density at radius 2 is 2.18 bits per heavy atom. The minimum Gasteiger partial charge on any atom is -0.392 e. The van der Waals surface area contributed by atoms with E-state index in [4.69, 9.17) is 0 Å². The number of thioether (sulfide) groups is 1. The maximum Gasteiger partial charge on any atom is 0.0631 e. The molecule has 0 aromatic carbocycles. The van der Waals surface area contributed by atoms with Crippen molar-refractivity contribution in [1.29, 1.82) is 0 Å². The van der Waals surface area contributed by atoms with E-state index in [1.54, 1.807) is 0 Å². The lowest BCUT2D eigenvalue weighted by Crippen LogP contribution is -2.47. The van der Waals surface area contributed by atoms with Crippen LogP contribution >= 0.6 is 11.8 Å². The van der Waals surface area contributed by atoms with Gasteiger partial charge in [0.2, 0.25) is 0 Å². The average molecular weight is 257 g/mol. The van der Waals surface area contributed by atoms with E-state index in [0.717, 1.165) is 11.8 Å². The van der Waals surface area contributed by atoms with E-state index in [1.165, 1.54) is 38.1 Å². The third kappa shape index (κ3) is 3.39. The third-order valence-electron chi connectivity index (χ3n) is 4.46. The number of nitrogens with zero attached hydrogens (tertiary/aromatic N) is 1. The minimum atomic E-state index is -0.110. The zero-order valence-corrected chi connectivity index (χ0v) is 12.3. The molecule has 3 heteroatoms. The molecule has 2 rings (SSSR count). The predicted octanol–water partition coefficient (Wildman–Crippen LogP) is 2.61. The molecule has 2 fully saturated rings. The molecular formula is C14H27NOS. The fourth-order valence-corrected chi connectivity index (χ4v) is 4.43. The van der Waals surface area contributed by atoms with Crippen LogP contribution in [0.5, 0.6) is 0 Å². The molecule has 0 aromatic heterocycles. The van der Waals surface area contributed by atoms with Crippen LogP contribution in [0.25, 0.3) is 0 Å². The zero-order chi connectivity index (χ0) is 12.5. The molecule has 17 heavy (non-hydrogen) atoms. The topological polar surface area (TPSA) is 23.5 Å². The molecule has 0 aromatic rings. The van der Waals surface area contributed by atoms with E-state index in [-0.39, 0.29) is 11.5 Å². The molecule has 3 unspecified atom stereocenters. The van der Waals surface area contributed by atoms with Gasteiger partial charge in [-0.05, 0) is 24.2 Å². The van der Waals surface area contributed by atoms with Gasteiger partial charge in [-0.3, -0.25) is 0 Å². The van der Waals surface area contributed by atoms with Gasteiger partial charge in [0.1, 0.15) is 0 Å². The SMILES string of the molecule is CC1CN(CC2CCCC(C)(C)C2O)CCS1. The Morgan fingerprint density at radius 1 is 1.41 bits per heavy atom. The van der Waals surface area contributed by atoms with Crippen LogP contribution in [-0.4, -0.2) is 46.7 Å². The first-order valence-corrected chi connectivity index (χ1v) is 8.06. The van der Waals surface area contributed by atoms with Crippen LogP contribution in [-0.2, 0) is 0 Å². The molecule has 1 aliphatic heterocycles. The molecule has 0 spiro atoms. The fourth-order valence-electron chi connectivity index (χ4n) is 3.34. The van der Waals surface area contributed by atoms with E-state index in [0.29, 0.717) is 5.92 Å². The fraction of sp³-hybridized carbons (Fsp3) is 1.00. The van der Waals surface area contributed by atoms with Gasteiger partial charge in [0, 0.05) is 30.6 Å². The second-order valence-electron chi connectivity index (χ2n) is 6.53. The summed E-state index contributed by atoms with van der Waals surface area (Å²) < 4.78 is 0. The van der Waals surface area contributed by atoms with Crippen LogP contribution in [0.15, 0.2) is 0 Å². The number of aliphatic hydroxyl groups excluding tert-OH is 1. The molecule has 0 bridgehead atoms. The van der Waals surface area contributed by atoms with Gasteiger partial charge in [0.15, 0.2) is 0 Å². The van der Waals surface area contributed by atoms with Gasteiger partial charge in [-0.15, -0.1) is 0 Å². The molecule has 2 nitrogen and oxygen atoms in total. The molecule has 1 saturated carbocycles. The smallest absolute Gasteiger partial charge is 0.0631 e. The maximum atomic E-state index is 10.5. The third-order valence-corrected chi connectivity index (χ3v) is 5.60. The van der Waals surface area contributed by atoms with Crippen molar-refractivity contribution in [1.82, 2.24) is 4.90 Å². The number of aliphatic hydroxyl groups is 1. The van der Waals surface area contributed by atoms with Crippen molar-refractivity contribution >= 4 is 11.8 Å². The van der Waals surface area contributed by atoms with Crippen molar-refractivity contribution < 1.29 is 5.11 Å². The van der Waals surface area contributed by atoms with Crippen molar-refractivity contribution in [2.45, 2.75) is 51.4 Å². The van der Waals surface area contributed by atoms with Crippen LogP contribution in [0.3, 0.4) is 0 Å². The minimum absolute atomic E-state index is 0.110. The summed E-state index contributed by atoms with van der Waals surface area (Å²) in [5.74, 6) is 1.75. The van der Waals surface area contributed by atoms with Crippen LogP contribution in [0, 0.1) is 11.3 Å². The lowest BCUT2D eigenvalue weighted by Gasteiger charge is -2.43. The molecule has 1 heterocycles. The Kier molecular flexibility index (Phi) is 4.43. The van der Waals surface area contributed by atoms with E-state index < -0.39 is 0 Å². The van der Waals surface area contributed by atoms with E-state index >= 15 is 0 Å². The monoisotopic (exact) mass is 257 g/mol. The molecule has 1 aliphatic carbocycles. The van der Waals surface area contributed by atoms with Crippen LogP contribution in [0.2, 0.25) is 0 Å². The van der Waals surface area contributed by atoms with Crippen molar-refractivity contribution in [2.24, 2.45) is 11.3 Å². The Morgan fingerprint density at radius 3 is 2.88 bits per heavy atom. The molecule has 0 amide bonds. The quantitative estimate of drug-likeness (QED) is 0.822. The Bertz CT molecular complexity index is 257. The molecule has 3 atom stereocenters. The standard InChI is InChI=1S/C14H27NOS/c1-11-9-15(7-8-17-11)10-12-5-4-6-14(2,3)13(12)16/h11-13,16H,4-10H2,1-3H3. The number of rotatable bonds is 2. The second kappa shape index (κ2) is 5.50. The van der Waals surface area contributed by atoms with Gasteiger partial charge in [0.05, 0.1) is 6.10 Å². The molecular weight excluding hydrogens is 230 g/mol. The average Bonchev–Trinajstić information content (AvgIpc) is 2.25. The van der Waals surface area contributed by atoms with Crippen molar-refractivity contribution in [3.63, 3.8) is 0 Å². The van der Waals surface area contributed by atoms with Crippen LogP contribution < -0.4 is 0 Å². The highest BCUT2D eigenvalue weighted by Crippen LogP contribution is 2.39. The summed E-state index contributed by atoms with van der Waals surface area (Å²) in [5.41, 5.74) is 0.124. The summed E-state index contributed by atoms with van der Waals surface area (Å²) in [6, 6.07) is 0. The van der Waals surface area contributed by atoms with E-state index in [9.17, 15) is 5.11 Å². The summed E-state index contributed by atoms with van der Waals surface area (Å²) in [4.78, 5) is 2.57. The van der Waals surface area contributed by atoms with Crippen molar-refractivity contribution in [3.05, 3.63) is 0 Å². The highest BCUT2D eigenvalue weighted by atomic mass is 32.2.